The van der Waals surface area contributed by atoms with Crippen molar-refractivity contribution in [3.63, 3.8) is 0 Å². The van der Waals surface area contributed by atoms with E-state index in [-0.39, 0.29) is 0 Å². The molecule has 0 radical (unpaired) electrons. The second-order valence-corrected chi connectivity index (χ2v) is 5.53. The largest absolute Gasteiger partial charge is 0.316 e. The van der Waals surface area contributed by atoms with E-state index in [1.807, 2.05) is 0 Å². The Morgan fingerprint density at radius 3 is 2.57 bits per heavy atom. The van der Waals surface area contributed by atoms with Crippen LogP contribution in [-0.4, -0.2) is 37.6 Å². The Kier molecular flexibility index (Phi) is 2.85. The highest BCUT2D eigenvalue weighted by Crippen LogP contribution is 2.52. The summed E-state index contributed by atoms with van der Waals surface area (Å²) in [6.45, 7) is 8.70. The van der Waals surface area contributed by atoms with Crippen molar-refractivity contribution in [1.82, 2.24) is 10.2 Å². The third kappa shape index (κ3) is 1.96. The fourth-order valence-corrected chi connectivity index (χ4v) is 2.74. The van der Waals surface area contributed by atoms with E-state index in [4.69, 9.17) is 0 Å². The Morgan fingerprint density at radius 2 is 2.14 bits per heavy atom. The molecule has 1 aliphatic heterocycles. The number of likely N-dealkylation sites (N-methyl/N-ethyl adjacent to an activating group) is 1. The number of hydrogen-bond donors (Lipinski definition) is 1. The molecule has 1 saturated carbocycles. The number of hydrogen-bond acceptors (Lipinski definition) is 2. The minimum Gasteiger partial charge on any atom is -0.316 e. The van der Waals surface area contributed by atoms with Crippen LogP contribution < -0.4 is 5.32 Å². The van der Waals surface area contributed by atoms with E-state index in [0.717, 1.165) is 12.0 Å². The molecular weight excluding hydrogens is 172 g/mol. The maximum atomic E-state index is 3.39. The Morgan fingerprint density at radius 1 is 1.43 bits per heavy atom. The number of nitrogens with zero attached hydrogens (tertiary/aromatic N) is 1. The van der Waals surface area contributed by atoms with Crippen molar-refractivity contribution in [2.75, 3.05) is 26.7 Å². The number of likely N-dealkylation sites (tertiary alicyclic amines) is 1. The summed E-state index contributed by atoms with van der Waals surface area (Å²) in [4.78, 5) is 2.66. The summed E-state index contributed by atoms with van der Waals surface area (Å²) in [5.41, 5.74) is 0.697. The first-order valence-electron chi connectivity index (χ1n) is 6.06. The van der Waals surface area contributed by atoms with Crippen LogP contribution in [0.1, 0.15) is 33.1 Å². The quantitative estimate of drug-likeness (QED) is 0.736. The van der Waals surface area contributed by atoms with Gasteiger partial charge in [-0.15, -0.1) is 0 Å². The molecule has 82 valence electrons. The average Bonchev–Trinajstić information content (AvgIpc) is 2.78. The molecule has 2 heteroatoms. The van der Waals surface area contributed by atoms with E-state index in [1.54, 1.807) is 0 Å². The van der Waals surface area contributed by atoms with E-state index < -0.39 is 0 Å². The maximum absolute atomic E-state index is 3.39. The lowest BCUT2D eigenvalue weighted by Gasteiger charge is -2.26. The van der Waals surface area contributed by atoms with E-state index in [0.29, 0.717) is 5.41 Å². The zero-order chi connectivity index (χ0) is 10.2. The van der Waals surface area contributed by atoms with Crippen molar-refractivity contribution in [3.05, 3.63) is 0 Å². The molecule has 0 bridgehead atoms. The topological polar surface area (TPSA) is 15.3 Å². The highest BCUT2D eigenvalue weighted by molar-refractivity contribution is 4.99. The van der Waals surface area contributed by atoms with Gasteiger partial charge in [0.2, 0.25) is 0 Å². The molecule has 1 unspecified atom stereocenters. The van der Waals surface area contributed by atoms with Gasteiger partial charge in [0.05, 0.1) is 0 Å². The molecule has 2 nitrogen and oxygen atoms in total. The van der Waals surface area contributed by atoms with Crippen molar-refractivity contribution in [3.8, 4) is 0 Å². The maximum Gasteiger partial charge on any atom is 0.0204 e. The Bertz CT molecular complexity index is 196. The molecule has 0 spiro atoms. The van der Waals surface area contributed by atoms with Gasteiger partial charge in [0.1, 0.15) is 0 Å². The van der Waals surface area contributed by atoms with Gasteiger partial charge in [-0.3, -0.25) is 0 Å². The summed E-state index contributed by atoms with van der Waals surface area (Å²) >= 11 is 0. The van der Waals surface area contributed by atoms with E-state index in [2.05, 4.69) is 31.1 Å². The van der Waals surface area contributed by atoms with Crippen molar-refractivity contribution >= 4 is 0 Å². The fraction of sp³-hybridized carbons (Fsp3) is 1.00. The van der Waals surface area contributed by atoms with Crippen LogP contribution in [0.15, 0.2) is 0 Å². The smallest absolute Gasteiger partial charge is 0.0204 e. The van der Waals surface area contributed by atoms with Gasteiger partial charge in [-0.05, 0) is 44.2 Å². The molecule has 2 fully saturated rings. The fourth-order valence-electron chi connectivity index (χ4n) is 2.74. The van der Waals surface area contributed by atoms with Crippen molar-refractivity contribution in [2.24, 2.45) is 11.3 Å². The molecule has 1 aliphatic carbocycles. The lowest BCUT2D eigenvalue weighted by molar-refractivity contribution is 0.215. The molecule has 0 amide bonds. The normalized spacial score (nSPS) is 31.3. The van der Waals surface area contributed by atoms with E-state index in [1.165, 1.54) is 38.9 Å². The van der Waals surface area contributed by atoms with Crippen LogP contribution in [0.2, 0.25) is 0 Å². The molecule has 0 aromatic heterocycles. The highest BCUT2D eigenvalue weighted by Gasteiger charge is 2.46. The molecule has 1 N–H and O–H groups in total. The zero-order valence-electron chi connectivity index (χ0n) is 9.84. The minimum absolute atomic E-state index is 0.697. The lowest BCUT2D eigenvalue weighted by atomic mass is 9.92. The van der Waals surface area contributed by atoms with Crippen molar-refractivity contribution < 1.29 is 0 Å². The van der Waals surface area contributed by atoms with Gasteiger partial charge in [0.15, 0.2) is 0 Å². The molecule has 1 saturated heterocycles. The number of nitrogens with one attached hydrogen (secondary N) is 1. The van der Waals surface area contributed by atoms with E-state index in [9.17, 15) is 0 Å². The van der Waals surface area contributed by atoms with Crippen molar-refractivity contribution in [2.45, 2.75) is 39.2 Å². The summed E-state index contributed by atoms with van der Waals surface area (Å²) in [5, 5.41) is 3.39. The van der Waals surface area contributed by atoms with Gasteiger partial charge in [-0.25, -0.2) is 0 Å². The Labute approximate surface area is 88.1 Å². The van der Waals surface area contributed by atoms with E-state index >= 15 is 0 Å². The predicted molar refractivity (Wildman–Crippen MR) is 60.4 cm³/mol. The summed E-state index contributed by atoms with van der Waals surface area (Å²) in [6, 6.07) is 0.748. The summed E-state index contributed by atoms with van der Waals surface area (Å²) in [5.74, 6) is 0.871. The average molecular weight is 196 g/mol. The SMILES string of the molecule is CNC1CCN(CC2(C(C)C)CC2)C1. The van der Waals surface area contributed by atoms with Gasteiger partial charge in [0.25, 0.3) is 0 Å². The van der Waals surface area contributed by atoms with Crippen LogP contribution in [0, 0.1) is 11.3 Å². The van der Waals surface area contributed by atoms with Gasteiger partial charge in [-0.1, -0.05) is 13.8 Å². The van der Waals surface area contributed by atoms with Crippen LogP contribution >= 0.6 is 0 Å². The molecule has 1 atom stereocenters. The summed E-state index contributed by atoms with van der Waals surface area (Å²) < 4.78 is 0. The van der Waals surface area contributed by atoms with Crippen LogP contribution in [0.3, 0.4) is 0 Å². The minimum atomic E-state index is 0.697. The second kappa shape index (κ2) is 3.82. The first-order valence-corrected chi connectivity index (χ1v) is 6.06. The predicted octanol–water partition coefficient (Wildman–Crippen LogP) is 1.72. The monoisotopic (exact) mass is 196 g/mol. The van der Waals surface area contributed by atoms with Crippen LogP contribution in [0.5, 0.6) is 0 Å². The standard InChI is InChI=1S/C12H24N2/c1-10(2)12(5-6-12)9-14-7-4-11(8-14)13-3/h10-11,13H,4-9H2,1-3H3. The lowest BCUT2D eigenvalue weighted by Crippen LogP contribution is -2.34. The summed E-state index contributed by atoms with van der Waals surface area (Å²) in [7, 11) is 2.09. The third-order valence-corrected chi connectivity index (χ3v) is 4.34. The van der Waals surface area contributed by atoms with Crippen LogP contribution in [0.4, 0.5) is 0 Å². The number of rotatable bonds is 4. The molecular formula is C12H24N2. The van der Waals surface area contributed by atoms with Crippen LogP contribution in [-0.2, 0) is 0 Å². The molecule has 1 heterocycles. The molecule has 0 aromatic rings. The Balaban J connectivity index is 1.82. The second-order valence-electron chi connectivity index (χ2n) is 5.53. The Hall–Kier alpha value is -0.0800. The van der Waals surface area contributed by atoms with Gasteiger partial charge >= 0.3 is 0 Å². The highest BCUT2D eigenvalue weighted by atomic mass is 15.2. The van der Waals surface area contributed by atoms with Crippen molar-refractivity contribution in [1.29, 1.82) is 0 Å². The van der Waals surface area contributed by atoms with Crippen LogP contribution in [0.25, 0.3) is 0 Å². The van der Waals surface area contributed by atoms with Gasteiger partial charge in [-0.2, -0.15) is 0 Å². The zero-order valence-corrected chi connectivity index (χ0v) is 9.84. The first-order chi connectivity index (χ1) is 6.66. The molecule has 0 aromatic carbocycles. The third-order valence-electron chi connectivity index (χ3n) is 4.34. The molecule has 2 aliphatic rings. The van der Waals surface area contributed by atoms with Gasteiger partial charge < -0.3 is 10.2 Å². The van der Waals surface area contributed by atoms with Gasteiger partial charge in [0, 0.05) is 19.1 Å². The summed E-state index contributed by atoms with van der Waals surface area (Å²) in [6.07, 6.45) is 4.27. The molecule has 2 rings (SSSR count). The molecule has 14 heavy (non-hydrogen) atoms. The first kappa shape index (κ1) is 10.4.